The molecular formula is C24H26ClFN2O3. The van der Waals surface area contributed by atoms with E-state index in [4.69, 9.17) is 26.3 Å². The van der Waals surface area contributed by atoms with Crippen LogP contribution in [0.4, 0.5) is 9.18 Å². The first-order chi connectivity index (χ1) is 14.7. The first-order valence-corrected chi connectivity index (χ1v) is 10.6. The number of nitrogens with zero attached hydrogens (tertiary/aromatic N) is 2. The lowest BCUT2D eigenvalue weighted by molar-refractivity contribution is 0.0204. The van der Waals surface area contributed by atoms with E-state index in [0.29, 0.717) is 29.4 Å². The maximum atomic E-state index is 14.2. The molecular weight excluding hydrogens is 419 g/mol. The van der Waals surface area contributed by atoms with Gasteiger partial charge in [-0.3, -0.25) is 0 Å². The van der Waals surface area contributed by atoms with Crippen molar-refractivity contribution >= 4 is 17.7 Å². The van der Waals surface area contributed by atoms with Crippen LogP contribution in [0.2, 0.25) is 5.02 Å². The van der Waals surface area contributed by atoms with Crippen molar-refractivity contribution in [2.45, 2.75) is 51.7 Å². The maximum absolute atomic E-state index is 14.2. The number of halogens is 2. The van der Waals surface area contributed by atoms with Crippen molar-refractivity contribution in [3.63, 3.8) is 0 Å². The van der Waals surface area contributed by atoms with E-state index in [0.717, 1.165) is 18.4 Å². The molecule has 0 unspecified atom stereocenters. The smallest absolute Gasteiger partial charge is 0.410 e. The highest BCUT2D eigenvalue weighted by Crippen LogP contribution is 2.39. The number of carbonyl (C=O) groups is 1. The van der Waals surface area contributed by atoms with Crippen molar-refractivity contribution in [3.8, 4) is 11.8 Å². The van der Waals surface area contributed by atoms with E-state index < -0.39 is 11.4 Å². The SMILES string of the molecule is CC(C)(C)OC(=O)N1CCC(c2cccc(Cl)c2OCc2ccc(C#N)cc2F)CC1. The van der Waals surface area contributed by atoms with E-state index >= 15 is 0 Å². The third kappa shape index (κ3) is 5.89. The van der Waals surface area contributed by atoms with E-state index in [9.17, 15) is 9.18 Å². The molecule has 164 valence electrons. The molecule has 0 aliphatic carbocycles. The Morgan fingerprint density at radius 1 is 1.26 bits per heavy atom. The van der Waals surface area contributed by atoms with Gasteiger partial charge in [0, 0.05) is 18.7 Å². The van der Waals surface area contributed by atoms with Crippen molar-refractivity contribution in [2.24, 2.45) is 0 Å². The quantitative estimate of drug-likeness (QED) is 0.576. The second-order valence-electron chi connectivity index (χ2n) is 8.61. The van der Waals surface area contributed by atoms with Gasteiger partial charge in [0.1, 0.15) is 23.8 Å². The van der Waals surface area contributed by atoms with Gasteiger partial charge in [-0.25, -0.2) is 9.18 Å². The molecule has 1 fully saturated rings. The molecule has 1 aliphatic rings. The Kier molecular flexibility index (Phi) is 7.07. The zero-order chi connectivity index (χ0) is 22.6. The van der Waals surface area contributed by atoms with E-state index in [1.165, 1.54) is 6.07 Å². The predicted molar refractivity (Wildman–Crippen MR) is 117 cm³/mol. The van der Waals surface area contributed by atoms with Crippen molar-refractivity contribution < 1.29 is 18.7 Å². The monoisotopic (exact) mass is 444 g/mol. The molecule has 0 atom stereocenters. The molecule has 0 N–H and O–H groups in total. The Bertz CT molecular complexity index is 989. The van der Waals surface area contributed by atoms with Crippen LogP contribution in [0.25, 0.3) is 0 Å². The molecule has 1 heterocycles. The molecule has 1 saturated heterocycles. The van der Waals surface area contributed by atoms with Crippen LogP contribution in [-0.4, -0.2) is 29.7 Å². The fourth-order valence-electron chi connectivity index (χ4n) is 3.58. The largest absolute Gasteiger partial charge is 0.487 e. The summed E-state index contributed by atoms with van der Waals surface area (Å²) in [4.78, 5) is 14.0. The lowest BCUT2D eigenvalue weighted by Crippen LogP contribution is -2.41. The van der Waals surface area contributed by atoms with Crippen molar-refractivity contribution in [1.82, 2.24) is 4.90 Å². The summed E-state index contributed by atoms with van der Waals surface area (Å²) >= 11 is 6.41. The normalized spacial score (nSPS) is 14.8. The van der Waals surface area contributed by atoms with Gasteiger partial charge in [0.25, 0.3) is 0 Å². The summed E-state index contributed by atoms with van der Waals surface area (Å²) in [5, 5.41) is 9.35. The fourth-order valence-corrected chi connectivity index (χ4v) is 3.82. The Morgan fingerprint density at radius 2 is 1.97 bits per heavy atom. The van der Waals surface area contributed by atoms with E-state index in [1.807, 2.05) is 39.0 Å². The molecule has 7 heteroatoms. The summed E-state index contributed by atoms with van der Waals surface area (Å²) in [6.07, 6.45) is 1.20. The summed E-state index contributed by atoms with van der Waals surface area (Å²) in [6, 6.07) is 11.8. The molecule has 0 bridgehead atoms. The second-order valence-corrected chi connectivity index (χ2v) is 9.01. The number of nitriles is 1. The number of para-hydroxylation sites is 1. The van der Waals surface area contributed by atoms with Crippen LogP contribution in [0.5, 0.6) is 5.75 Å². The fraction of sp³-hybridized carbons (Fsp3) is 0.417. The minimum absolute atomic E-state index is 0.00499. The van der Waals surface area contributed by atoms with Gasteiger partial charge in [0.05, 0.1) is 16.7 Å². The predicted octanol–water partition coefficient (Wildman–Crippen LogP) is 6.04. The average Bonchev–Trinajstić information content (AvgIpc) is 2.72. The highest BCUT2D eigenvalue weighted by atomic mass is 35.5. The van der Waals surface area contributed by atoms with Crippen LogP contribution >= 0.6 is 11.6 Å². The van der Waals surface area contributed by atoms with E-state index in [-0.39, 0.29) is 24.2 Å². The number of carbonyl (C=O) groups excluding carboxylic acids is 1. The minimum atomic E-state index is -0.525. The molecule has 0 saturated carbocycles. The molecule has 2 aromatic rings. The number of ether oxygens (including phenoxy) is 2. The molecule has 0 aromatic heterocycles. The van der Waals surface area contributed by atoms with Crippen molar-refractivity contribution in [1.29, 1.82) is 5.26 Å². The standard InChI is InChI=1S/C24H26ClFN2O3/c1-24(2,3)31-23(29)28-11-9-17(10-12-28)19-5-4-6-20(25)22(19)30-15-18-8-7-16(14-27)13-21(18)26/h4-8,13,17H,9-12,15H2,1-3H3. The van der Waals surface area contributed by atoms with E-state index in [2.05, 4.69) is 0 Å². The molecule has 3 rings (SSSR count). The number of piperidine rings is 1. The number of benzene rings is 2. The summed E-state index contributed by atoms with van der Waals surface area (Å²) in [5.74, 6) is 0.208. The average molecular weight is 445 g/mol. The highest BCUT2D eigenvalue weighted by Gasteiger charge is 2.29. The van der Waals surface area contributed by atoms with Crippen LogP contribution in [0.1, 0.15) is 56.2 Å². The summed E-state index contributed by atoms with van der Waals surface area (Å²) in [6.45, 7) is 6.72. The Hall–Kier alpha value is -2.78. The van der Waals surface area contributed by atoms with Crippen molar-refractivity contribution in [2.75, 3.05) is 13.1 Å². The zero-order valence-corrected chi connectivity index (χ0v) is 18.7. The van der Waals surface area contributed by atoms with E-state index in [1.54, 1.807) is 23.1 Å². The van der Waals surface area contributed by atoms with Gasteiger partial charge in [-0.1, -0.05) is 29.8 Å². The lowest BCUT2D eigenvalue weighted by atomic mass is 9.89. The number of rotatable bonds is 4. The molecule has 5 nitrogen and oxygen atoms in total. The Labute approximate surface area is 187 Å². The van der Waals surface area contributed by atoms with Gasteiger partial charge in [0.2, 0.25) is 0 Å². The molecule has 1 amide bonds. The summed E-state index contributed by atoms with van der Waals surface area (Å²) in [7, 11) is 0. The number of amides is 1. The van der Waals surface area contributed by atoms with Gasteiger partial charge < -0.3 is 14.4 Å². The van der Waals surface area contributed by atoms with Gasteiger partial charge in [0.15, 0.2) is 0 Å². The van der Waals surface area contributed by atoms with Crippen LogP contribution in [0.15, 0.2) is 36.4 Å². The topological polar surface area (TPSA) is 62.6 Å². The number of likely N-dealkylation sites (tertiary alicyclic amines) is 1. The lowest BCUT2D eigenvalue weighted by Gasteiger charge is -2.34. The van der Waals surface area contributed by atoms with Crippen molar-refractivity contribution in [3.05, 3.63) is 63.9 Å². The Morgan fingerprint density at radius 3 is 2.58 bits per heavy atom. The number of hydrogen-bond donors (Lipinski definition) is 0. The highest BCUT2D eigenvalue weighted by molar-refractivity contribution is 6.32. The Balaban J connectivity index is 1.69. The zero-order valence-electron chi connectivity index (χ0n) is 18.0. The molecule has 0 radical (unpaired) electrons. The molecule has 2 aromatic carbocycles. The summed E-state index contributed by atoms with van der Waals surface area (Å²) < 4.78 is 25.6. The molecule has 1 aliphatic heterocycles. The van der Waals surface area contributed by atoms with Crippen LogP contribution in [0, 0.1) is 17.1 Å². The van der Waals surface area contributed by atoms with Gasteiger partial charge in [-0.05, 0) is 63.3 Å². The molecule has 31 heavy (non-hydrogen) atoms. The summed E-state index contributed by atoms with van der Waals surface area (Å²) in [5.41, 5.74) is 1.04. The second kappa shape index (κ2) is 9.57. The third-order valence-electron chi connectivity index (χ3n) is 5.14. The first kappa shape index (κ1) is 22.9. The third-order valence-corrected chi connectivity index (χ3v) is 5.44. The molecule has 0 spiro atoms. The van der Waals surface area contributed by atoms with Crippen LogP contribution < -0.4 is 4.74 Å². The van der Waals surface area contributed by atoms with Gasteiger partial charge >= 0.3 is 6.09 Å². The first-order valence-electron chi connectivity index (χ1n) is 10.3. The van der Waals surface area contributed by atoms with Crippen LogP contribution in [0.3, 0.4) is 0 Å². The van der Waals surface area contributed by atoms with Crippen LogP contribution in [-0.2, 0) is 11.3 Å². The minimum Gasteiger partial charge on any atom is -0.487 e. The van der Waals surface area contributed by atoms with Gasteiger partial charge in [-0.2, -0.15) is 5.26 Å². The maximum Gasteiger partial charge on any atom is 0.410 e. The number of hydrogen-bond acceptors (Lipinski definition) is 4. The van der Waals surface area contributed by atoms with Gasteiger partial charge in [-0.15, -0.1) is 0 Å².